The van der Waals surface area contributed by atoms with E-state index in [-0.39, 0.29) is 29.8 Å². The van der Waals surface area contributed by atoms with E-state index in [2.05, 4.69) is 10.6 Å². The standard InChI is InChI=1S/C19H26N2O4/c1-24-11-12-9-18(22)21-16-10-13(7-8-14(12)16)20-19(23)15-5-3-4-6-17(15)25-2/h3-6,12-14,16H,7-11H2,1-2H3,(H,20,23)(H,21,22). The van der Waals surface area contributed by atoms with Gasteiger partial charge in [-0.25, -0.2) is 0 Å². The number of carbonyl (C=O) groups excluding carboxylic acids is 2. The molecule has 2 aliphatic rings. The molecule has 1 saturated heterocycles. The van der Waals surface area contributed by atoms with Gasteiger partial charge in [0.2, 0.25) is 5.91 Å². The number of hydrogen-bond acceptors (Lipinski definition) is 4. The molecule has 0 spiro atoms. The van der Waals surface area contributed by atoms with Gasteiger partial charge in [0.1, 0.15) is 5.75 Å². The maximum Gasteiger partial charge on any atom is 0.255 e. The average molecular weight is 346 g/mol. The summed E-state index contributed by atoms with van der Waals surface area (Å²) in [6, 6.07) is 7.37. The first-order valence-electron chi connectivity index (χ1n) is 8.84. The quantitative estimate of drug-likeness (QED) is 0.851. The van der Waals surface area contributed by atoms with Crippen LogP contribution in [0.25, 0.3) is 0 Å². The minimum absolute atomic E-state index is 0.0558. The van der Waals surface area contributed by atoms with Gasteiger partial charge in [-0.05, 0) is 43.2 Å². The van der Waals surface area contributed by atoms with Crippen LogP contribution in [0, 0.1) is 11.8 Å². The van der Waals surface area contributed by atoms with Gasteiger partial charge >= 0.3 is 0 Å². The van der Waals surface area contributed by atoms with Gasteiger partial charge in [0.15, 0.2) is 0 Å². The van der Waals surface area contributed by atoms with Gasteiger partial charge in [-0.2, -0.15) is 0 Å². The highest BCUT2D eigenvalue weighted by atomic mass is 16.5. The number of methoxy groups -OCH3 is 2. The molecule has 4 atom stereocenters. The van der Waals surface area contributed by atoms with Crippen LogP contribution >= 0.6 is 0 Å². The summed E-state index contributed by atoms with van der Waals surface area (Å²) in [5.74, 6) is 1.22. The van der Waals surface area contributed by atoms with Gasteiger partial charge < -0.3 is 20.1 Å². The van der Waals surface area contributed by atoms with Gasteiger partial charge in [0.05, 0.1) is 12.7 Å². The Balaban J connectivity index is 1.64. The molecule has 0 radical (unpaired) electrons. The fourth-order valence-corrected chi connectivity index (χ4v) is 4.20. The lowest BCUT2D eigenvalue weighted by atomic mass is 9.71. The molecule has 2 fully saturated rings. The molecular weight excluding hydrogens is 320 g/mol. The first-order valence-corrected chi connectivity index (χ1v) is 8.84. The molecular formula is C19H26N2O4. The normalized spacial score (nSPS) is 28.6. The van der Waals surface area contributed by atoms with E-state index in [4.69, 9.17) is 9.47 Å². The Morgan fingerprint density at radius 1 is 1.28 bits per heavy atom. The molecule has 3 rings (SSSR count). The van der Waals surface area contributed by atoms with Crippen molar-refractivity contribution in [2.75, 3.05) is 20.8 Å². The molecule has 2 amide bonds. The number of rotatable bonds is 5. The van der Waals surface area contributed by atoms with Crippen molar-refractivity contribution in [2.45, 2.75) is 37.8 Å². The number of ether oxygens (including phenoxy) is 2. The molecule has 1 aliphatic carbocycles. The number of benzene rings is 1. The summed E-state index contributed by atoms with van der Waals surface area (Å²) in [6.45, 7) is 0.618. The van der Waals surface area contributed by atoms with Crippen molar-refractivity contribution in [1.82, 2.24) is 10.6 Å². The third kappa shape index (κ3) is 3.95. The van der Waals surface area contributed by atoms with Crippen LogP contribution in [-0.4, -0.2) is 44.7 Å². The number of carbonyl (C=O) groups is 2. The summed E-state index contributed by atoms with van der Waals surface area (Å²) >= 11 is 0. The molecule has 2 N–H and O–H groups in total. The van der Waals surface area contributed by atoms with E-state index in [0.717, 1.165) is 19.3 Å². The maximum atomic E-state index is 12.6. The van der Waals surface area contributed by atoms with E-state index in [1.165, 1.54) is 0 Å². The molecule has 1 aromatic carbocycles. The van der Waals surface area contributed by atoms with E-state index >= 15 is 0 Å². The highest BCUT2D eigenvalue weighted by molar-refractivity contribution is 5.97. The van der Waals surface area contributed by atoms with Crippen molar-refractivity contribution in [3.8, 4) is 5.75 Å². The topological polar surface area (TPSA) is 76.7 Å². The van der Waals surface area contributed by atoms with Crippen molar-refractivity contribution >= 4 is 11.8 Å². The van der Waals surface area contributed by atoms with Gasteiger partial charge in [-0.15, -0.1) is 0 Å². The Morgan fingerprint density at radius 2 is 2.08 bits per heavy atom. The van der Waals surface area contributed by atoms with Gasteiger partial charge in [-0.1, -0.05) is 12.1 Å². The number of fused-ring (bicyclic) bond motifs is 1. The molecule has 136 valence electrons. The van der Waals surface area contributed by atoms with Crippen LogP contribution in [-0.2, 0) is 9.53 Å². The van der Waals surface area contributed by atoms with Gasteiger partial charge in [0, 0.05) is 32.2 Å². The molecule has 1 aromatic rings. The van der Waals surface area contributed by atoms with E-state index in [1.54, 1.807) is 26.4 Å². The highest BCUT2D eigenvalue weighted by Gasteiger charge is 2.41. The summed E-state index contributed by atoms with van der Waals surface area (Å²) in [5, 5.41) is 6.20. The van der Waals surface area contributed by atoms with E-state index in [9.17, 15) is 9.59 Å². The zero-order valence-electron chi connectivity index (χ0n) is 14.8. The molecule has 1 heterocycles. The number of para-hydroxylation sites is 1. The lowest BCUT2D eigenvalue weighted by molar-refractivity contribution is -0.128. The third-order valence-electron chi connectivity index (χ3n) is 5.37. The fourth-order valence-electron chi connectivity index (χ4n) is 4.20. The van der Waals surface area contributed by atoms with Crippen molar-refractivity contribution in [3.63, 3.8) is 0 Å². The van der Waals surface area contributed by atoms with Crippen molar-refractivity contribution in [1.29, 1.82) is 0 Å². The third-order valence-corrected chi connectivity index (χ3v) is 5.37. The largest absolute Gasteiger partial charge is 0.496 e. The Hall–Kier alpha value is -2.08. The van der Waals surface area contributed by atoms with Crippen LogP contribution in [0.15, 0.2) is 24.3 Å². The van der Waals surface area contributed by atoms with Crippen molar-refractivity contribution in [2.24, 2.45) is 11.8 Å². The lowest BCUT2D eigenvalue weighted by Gasteiger charge is -2.43. The van der Waals surface area contributed by atoms with Crippen molar-refractivity contribution in [3.05, 3.63) is 29.8 Å². The fraction of sp³-hybridized carbons (Fsp3) is 0.579. The minimum Gasteiger partial charge on any atom is -0.496 e. The van der Waals surface area contributed by atoms with E-state index in [0.29, 0.717) is 30.3 Å². The van der Waals surface area contributed by atoms with E-state index < -0.39 is 0 Å². The molecule has 1 saturated carbocycles. The summed E-state index contributed by atoms with van der Waals surface area (Å²) in [4.78, 5) is 24.6. The zero-order chi connectivity index (χ0) is 17.8. The molecule has 0 bridgehead atoms. The van der Waals surface area contributed by atoms with Crippen LogP contribution in [0.5, 0.6) is 5.75 Å². The Kier molecular flexibility index (Phi) is 5.58. The Bertz CT molecular complexity index is 634. The summed E-state index contributed by atoms with van der Waals surface area (Å²) < 4.78 is 10.6. The Morgan fingerprint density at radius 3 is 2.84 bits per heavy atom. The van der Waals surface area contributed by atoms with Crippen LogP contribution < -0.4 is 15.4 Å². The summed E-state index contributed by atoms with van der Waals surface area (Å²) in [7, 11) is 3.24. The van der Waals surface area contributed by atoms with Crippen LogP contribution in [0.4, 0.5) is 0 Å². The predicted molar refractivity (Wildman–Crippen MR) is 93.5 cm³/mol. The number of hydrogen-bond donors (Lipinski definition) is 2. The second kappa shape index (κ2) is 7.87. The second-order valence-electron chi connectivity index (χ2n) is 6.94. The SMILES string of the molecule is COCC1CC(=O)NC2CC(NC(=O)c3ccccc3OC)CCC12. The molecule has 4 unspecified atom stereocenters. The average Bonchev–Trinajstić information content (AvgIpc) is 2.61. The molecule has 1 aliphatic heterocycles. The summed E-state index contributed by atoms with van der Waals surface area (Å²) in [5.41, 5.74) is 0.539. The van der Waals surface area contributed by atoms with Gasteiger partial charge in [0.25, 0.3) is 5.91 Å². The second-order valence-corrected chi connectivity index (χ2v) is 6.94. The zero-order valence-corrected chi connectivity index (χ0v) is 14.8. The number of piperidine rings is 1. The molecule has 6 nitrogen and oxygen atoms in total. The molecule has 6 heteroatoms. The lowest BCUT2D eigenvalue weighted by Crippen LogP contribution is -2.56. The number of nitrogens with one attached hydrogen (secondary N) is 2. The predicted octanol–water partition coefficient (Wildman–Crippen LogP) is 1.74. The molecule has 25 heavy (non-hydrogen) atoms. The van der Waals surface area contributed by atoms with E-state index in [1.807, 2.05) is 12.1 Å². The monoisotopic (exact) mass is 346 g/mol. The first kappa shape index (κ1) is 17.7. The minimum atomic E-state index is -0.128. The summed E-state index contributed by atoms with van der Waals surface area (Å²) in [6.07, 6.45) is 3.19. The number of amides is 2. The highest BCUT2D eigenvalue weighted by Crippen LogP contribution is 2.35. The Labute approximate surface area is 148 Å². The molecule has 0 aromatic heterocycles. The maximum absolute atomic E-state index is 12.6. The first-order chi connectivity index (χ1) is 12.1. The van der Waals surface area contributed by atoms with Crippen LogP contribution in [0.2, 0.25) is 0 Å². The van der Waals surface area contributed by atoms with Crippen LogP contribution in [0.3, 0.4) is 0 Å². The van der Waals surface area contributed by atoms with Gasteiger partial charge in [-0.3, -0.25) is 9.59 Å². The smallest absolute Gasteiger partial charge is 0.255 e. The van der Waals surface area contributed by atoms with Crippen molar-refractivity contribution < 1.29 is 19.1 Å². The van der Waals surface area contributed by atoms with Crippen LogP contribution in [0.1, 0.15) is 36.0 Å².